The predicted molar refractivity (Wildman–Crippen MR) is 78.4 cm³/mol. The van der Waals surface area contributed by atoms with E-state index < -0.39 is 0 Å². The molecule has 0 saturated carbocycles. The number of hydrogen-bond donors (Lipinski definition) is 2. The van der Waals surface area contributed by atoms with Crippen molar-refractivity contribution in [2.75, 3.05) is 11.1 Å². The number of aromatic nitrogens is 2. The topological polar surface area (TPSA) is 63.8 Å². The molecule has 3 aromatic rings. The van der Waals surface area contributed by atoms with Gasteiger partial charge in [-0.2, -0.15) is 0 Å². The van der Waals surface area contributed by atoms with Gasteiger partial charge in [0, 0.05) is 17.3 Å². The van der Waals surface area contributed by atoms with E-state index in [1.807, 2.05) is 37.3 Å². The molecule has 0 amide bonds. The van der Waals surface area contributed by atoms with Crippen LogP contribution in [0, 0.1) is 6.92 Å². The molecular formula is C15H14N4. The lowest BCUT2D eigenvalue weighted by atomic mass is 10.1. The molecule has 3 N–H and O–H groups in total. The van der Waals surface area contributed by atoms with E-state index >= 15 is 0 Å². The van der Waals surface area contributed by atoms with Crippen LogP contribution in [-0.4, -0.2) is 9.97 Å². The van der Waals surface area contributed by atoms with Gasteiger partial charge in [0.05, 0.1) is 17.4 Å². The Morgan fingerprint density at radius 1 is 1.11 bits per heavy atom. The number of nitrogens with one attached hydrogen (secondary N) is 1. The van der Waals surface area contributed by atoms with Gasteiger partial charge in [0.2, 0.25) is 0 Å². The normalized spacial score (nSPS) is 10.6. The Morgan fingerprint density at radius 3 is 2.79 bits per heavy atom. The molecule has 19 heavy (non-hydrogen) atoms. The minimum Gasteiger partial charge on any atom is -0.383 e. The smallest absolute Gasteiger partial charge is 0.127 e. The second-order valence-electron chi connectivity index (χ2n) is 4.46. The fraction of sp³-hybridized carbons (Fsp3) is 0.0667. The summed E-state index contributed by atoms with van der Waals surface area (Å²) in [5, 5.41) is 4.38. The monoisotopic (exact) mass is 250 g/mol. The van der Waals surface area contributed by atoms with Crippen LogP contribution in [0.25, 0.3) is 10.9 Å². The third-order valence-electron chi connectivity index (χ3n) is 2.99. The van der Waals surface area contributed by atoms with E-state index in [4.69, 9.17) is 5.73 Å². The number of pyridine rings is 2. The first-order valence-corrected chi connectivity index (χ1v) is 6.06. The van der Waals surface area contributed by atoms with Gasteiger partial charge < -0.3 is 11.1 Å². The average molecular weight is 250 g/mol. The molecule has 0 atom stereocenters. The van der Waals surface area contributed by atoms with Crippen molar-refractivity contribution in [3.63, 3.8) is 0 Å². The third-order valence-corrected chi connectivity index (χ3v) is 2.99. The second kappa shape index (κ2) is 4.57. The number of benzene rings is 1. The van der Waals surface area contributed by atoms with Crippen LogP contribution in [0.5, 0.6) is 0 Å². The van der Waals surface area contributed by atoms with Crippen molar-refractivity contribution in [1.82, 2.24) is 9.97 Å². The Morgan fingerprint density at radius 2 is 2.00 bits per heavy atom. The predicted octanol–water partition coefficient (Wildman–Crippen LogP) is 3.26. The molecular weight excluding hydrogens is 236 g/mol. The summed E-state index contributed by atoms with van der Waals surface area (Å²) >= 11 is 0. The first kappa shape index (κ1) is 11.5. The lowest BCUT2D eigenvalue weighted by molar-refractivity contribution is 1.32. The zero-order chi connectivity index (χ0) is 13.2. The van der Waals surface area contributed by atoms with E-state index in [9.17, 15) is 0 Å². The SMILES string of the molecule is Cc1cc2cc(Nc3cccnc3)ccc2nc1N. The Labute approximate surface area is 111 Å². The van der Waals surface area contributed by atoms with E-state index in [0.29, 0.717) is 5.82 Å². The molecule has 4 heteroatoms. The van der Waals surface area contributed by atoms with Gasteiger partial charge >= 0.3 is 0 Å². The lowest BCUT2D eigenvalue weighted by Gasteiger charge is -2.08. The van der Waals surface area contributed by atoms with Crippen LogP contribution in [0.2, 0.25) is 0 Å². The maximum Gasteiger partial charge on any atom is 0.127 e. The molecule has 2 aromatic heterocycles. The van der Waals surface area contributed by atoms with Crippen molar-refractivity contribution in [1.29, 1.82) is 0 Å². The van der Waals surface area contributed by atoms with Crippen LogP contribution in [0.1, 0.15) is 5.56 Å². The Kier molecular flexibility index (Phi) is 2.76. The molecule has 2 heterocycles. The summed E-state index contributed by atoms with van der Waals surface area (Å²) in [5.74, 6) is 0.584. The molecule has 0 radical (unpaired) electrons. The fourth-order valence-corrected chi connectivity index (χ4v) is 1.98. The minimum atomic E-state index is 0.584. The maximum absolute atomic E-state index is 5.81. The number of nitrogen functional groups attached to an aromatic ring is 1. The van der Waals surface area contributed by atoms with E-state index in [0.717, 1.165) is 27.8 Å². The van der Waals surface area contributed by atoms with E-state index in [1.54, 1.807) is 12.4 Å². The number of rotatable bonds is 2. The highest BCUT2D eigenvalue weighted by Crippen LogP contribution is 2.23. The Hall–Kier alpha value is -2.62. The molecule has 1 aromatic carbocycles. The minimum absolute atomic E-state index is 0.584. The summed E-state index contributed by atoms with van der Waals surface area (Å²) in [6, 6.07) is 11.9. The molecule has 3 rings (SSSR count). The van der Waals surface area contributed by atoms with Crippen molar-refractivity contribution in [3.05, 3.63) is 54.4 Å². The molecule has 0 saturated heterocycles. The number of nitrogens with two attached hydrogens (primary N) is 1. The third kappa shape index (κ3) is 2.33. The quantitative estimate of drug-likeness (QED) is 0.732. The van der Waals surface area contributed by atoms with Crippen molar-refractivity contribution < 1.29 is 0 Å². The summed E-state index contributed by atoms with van der Waals surface area (Å²) in [6.07, 6.45) is 3.54. The highest BCUT2D eigenvalue weighted by molar-refractivity contribution is 5.85. The number of hydrogen-bond acceptors (Lipinski definition) is 4. The Balaban J connectivity index is 2.00. The van der Waals surface area contributed by atoms with Crippen LogP contribution in [0.4, 0.5) is 17.2 Å². The van der Waals surface area contributed by atoms with Crippen molar-refractivity contribution >= 4 is 28.1 Å². The lowest BCUT2D eigenvalue weighted by Crippen LogP contribution is -1.95. The number of nitrogens with zero attached hydrogens (tertiary/aromatic N) is 2. The summed E-state index contributed by atoms with van der Waals surface area (Å²) in [7, 11) is 0. The molecule has 0 aliphatic rings. The second-order valence-corrected chi connectivity index (χ2v) is 4.46. The standard InChI is InChI=1S/C15H14N4/c1-10-7-11-8-12(4-5-14(11)19-15(10)16)18-13-3-2-6-17-9-13/h2-9,18H,1H3,(H2,16,19). The van der Waals surface area contributed by atoms with Crippen LogP contribution in [0.3, 0.4) is 0 Å². The maximum atomic E-state index is 5.81. The van der Waals surface area contributed by atoms with E-state index in [2.05, 4.69) is 21.4 Å². The van der Waals surface area contributed by atoms with Gasteiger partial charge in [0.25, 0.3) is 0 Å². The molecule has 0 aliphatic carbocycles. The first-order valence-electron chi connectivity index (χ1n) is 6.06. The zero-order valence-corrected chi connectivity index (χ0v) is 10.6. The molecule has 0 spiro atoms. The highest BCUT2D eigenvalue weighted by atomic mass is 14.9. The summed E-state index contributed by atoms with van der Waals surface area (Å²) in [6.45, 7) is 1.96. The summed E-state index contributed by atoms with van der Waals surface area (Å²) < 4.78 is 0. The first-order chi connectivity index (χ1) is 9.22. The zero-order valence-electron chi connectivity index (χ0n) is 10.6. The molecule has 0 aliphatic heterocycles. The van der Waals surface area contributed by atoms with Gasteiger partial charge in [-0.05, 0) is 48.9 Å². The van der Waals surface area contributed by atoms with Gasteiger partial charge in [-0.3, -0.25) is 4.98 Å². The van der Waals surface area contributed by atoms with Gasteiger partial charge in [-0.15, -0.1) is 0 Å². The summed E-state index contributed by atoms with van der Waals surface area (Å²) in [5.41, 5.74) is 9.67. The largest absolute Gasteiger partial charge is 0.383 e. The molecule has 0 unspecified atom stereocenters. The van der Waals surface area contributed by atoms with Crippen LogP contribution in [0.15, 0.2) is 48.8 Å². The number of anilines is 3. The highest BCUT2D eigenvalue weighted by Gasteiger charge is 2.02. The molecule has 0 bridgehead atoms. The molecule has 4 nitrogen and oxygen atoms in total. The fourth-order valence-electron chi connectivity index (χ4n) is 1.98. The molecule has 94 valence electrons. The van der Waals surface area contributed by atoms with Crippen molar-refractivity contribution in [2.45, 2.75) is 6.92 Å². The van der Waals surface area contributed by atoms with Gasteiger partial charge in [0.1, 0.15) is 5.82 Å². The average Bonchev–Trinajstić information content (AvgIpc) is 2.42. The van der Waals surface area contributed by atoms with Crippen LogP contribution >= 0.6 is 0 Å². The number of fused-ring (bicyclic) bond motifs is 1. The van der Waals surface area contributed by atoms with E-state index in [1.165, 1.54) is 0 Å². The van der Waals surface area contributed by atoms with E-state index in [-0.39, 0.29) is 0 Å². The molecule has 0 fully saturated rings. The van der Waals surface area contributed by atoms with Crippen molar-refractivity contribution in [3.8, 4) is 0 Å². The van der Waals surface area contributed by atoms with Crippen molar-refractivity contribution in [2.24, 2.45) is 0 Å². The number of aryl methyl sites for hydroxylation is 1. The summed E-state index contributed by atoms with van der Waals surface area (Å²) in [4.78, 5) is 8.44. The van der Waals surface area contributed by atoms with Crippen LogP contribution < -0.4 is 11.1 Å². The van der Waals surface area contributed by atoms with Gasteiger partial charge in [-0.1, -0.05) is 0 Å². The Bertz CT molecular complexity index is 723. The van der Waals surface area contributed by atoms with Gasteiger partial charge in [-0.25, -0.2) is 4.98 Å². The van der Waals surface area contributed by atoms with Crippen LogP contribution in [-0.2, 0) is 0 Å². The van der Waals surface area contributed by atoms with Gasteiger partial charge in [0.15, 0.2) is 0 Å².